The van der Waals surface area contributed by atoms with E-state index in [0.29, 0.717) is 11.4 Å². The number of aryl methyl sites for hydroxylation is 2. The zero-order valence-corrected chi connectivity index (χ0v) is 7.50. The maximum absolute atomic E-state index is 9.53. The topological polar surface area (TPSA) is 45.5 Å². The standard InChI is InChI=1S/C9H12N2O/c1-4-10-8-6(2)5-11-7(3)9(8)12/h4-5,12H,1-3H3. The third-order valence-corrected chi connectivity index (χ3v) is 1.65. The number of nitrogens with zero attached hydrogens (tertiary/aromatic N) is 2. The first-order chi connectivity index (χ1) is 5.66. The fourth-order valence-corrected chi connectivity index (χ4v) is 0.966. The minimum absolute atomic E-state index is 0.174. The average Bonchev–Trinajstić information content (AvgIpc) is 2.06. The van der Waals surface area contributed by atoms with Gasteiger partial charge in [-0.3, -0.25) is 9.98 Å². The molecule has 0 atom stereocenters. The van der Waals surface area contributed by atoms with E-state index in [-0.39, 0.29) is 5.75 Å². The van der Waals surface area contributed by atoms with Gasteiger partial charge in [0, 0.05) is 12.4 Å². The molecule has 0 aliphatic heterocycles. The highest BCUT2D eigenvalue weighted by Gasteiger charge is 2.05. The van der Waals surface area contributed by atoms with Crippen LogP contribution in [0.2, 0.25) is 0 Å². The van der Waals surface area contributed by atoms with Crippen molar-refractivity contribution < 1.29 is 5.11 Å². The number of aromatic nitrogens is 1. The predicted octanol–water partition coefficient (Wildman–Crippen LogP) is 2.13. The summed E-state index contributed by atoms with van der Waals surface area (Å²) in [6.45, 7) is 5.44. The fourth-order valence-electron chi connectivity index (χ4n) is 0.966. The molecule has 64 valence electrons. The van der Waals surface area contributed by atoms with E-state index in [9.17, 15) is 5.11 Å². The van der Waals surface area contributed by atoms with Crippen LogP contribution in [0.4, 0.5) is 5.69 Å². The molecule has 0 aliphatic carbocycles. The van der Waals surface area contributed by atoms with E-state index in [4.69, 9.17) is 0 Å². The first-order valence-corrected chi connectivity index (χ1v) is 3.80. The van der Waals surface area contributed by atoms with Gasteiger partial charge in [-0.25, -0.2) is 0 Å². The van der Waals surface area contributed by atoms with E-state index in [1.807, 2.05) is 13.8 Å². The van der Waals surface area contributed by atoms with E-state index in [1.165, 1.54) is 0 Å². The van der Waals surface area contributed by atoms with Crippen molar-refractivity contribution >= 4 is 11.9 Å². The molecule has 1 N–H and O–H groups in total. The van der Waals surface area contributed by atoms with Crippen LogP contribution in [0.3, 0.4) is 0 Å². The van der Waals surface area contributed by atoms with E-state index < -0.39 is 0 Å². The van der Waals surface area contributed by atoms with Crippen LogP contribution in [0.15, 0.2) is 11.2 Å². The van der Waals surface area contributed by atoms with Crippen LogP contribution in [0.5, 0.6) is 5.75 Å². The van der Waals surface area contributed by atoms with Gasteiger partial charge in [-0.15, -0.1) is 0 Å². The van der Waals surface area contributed by atoms with Crippen LogP contribution in [0.25, 0.3) is 0 Å². The van der Waals surface area contributed by atoms with Crippen LogP contribution < -0.4 is 0 Å². The molecule has 0 unspecified atom stereocenters. The maximum Gasteiger partial charge on any atom is 0.162 e. The molecule has 0 saturated heterocycles. The highest BCUT2D eigenvalue weighted by Crippen LogP contribution is 2.31. The molecule has 1 heterocycles. The molecule has 0 fully saturated rings. The minimum Gasteiger partial charge on any atom is -0.504 e. The molecule has 1 aromatic rings. The Bertz CT molecular complexity index is 319. The molecule has 0 radical (unpaired) electrons. The van der Waals surface area contributed by atoms with Crippen LogP contribution in [0.1, 0.15) is 18.2 Å². The summed E-state index contributed by atoms with van der Waals surface area (Å²) >= 11 is 0. The molecular weight excluding hydrogens is 152 g/mol. The van der Waals surface area contributed by atoms with Gasteiger partial charge in [0.15, 0.2) is 5.75 Å². The van der Waals surface area contributed by atoms with Crippen molar-refractivity contribution in [1.82, 2.24) is 4.98 Å². The lowest BCUT2D eigenvalue weighted by Gasteiger charge is -2.04. The van der Waals surface area contributed by atoms with Crippen molar-refractivity contribution in [2.75, 3.05) is 0 Å². The highest BCUT2D eigenvalue weighted by atomic mass is 16.3. The SMILES string of the molecule is CC=Nc1c(C)cnc(C)c1O. The first kappa shape index (κ1) is 8.71. The summed E-state index contributed by atoms with van der Waals surface area (Å²) in [5.74, 6) is 0.174. The van der Waals surface area contributed by atoms with Crippen molar-refractivity contribution in [2.45, 2.75) is 20.8 Å². The molecular formula is C9H12N2O. The summed E-state index contributed by atoms with van der Waals surface area (Å²) in [6, 6.07) is 0. The third-order valence-electron chi connectivity index (χ3n) is 1.65. The van der Waals surface area contributed by atoms with Gasteiger partial charge >= 0.3 is 0 Å². The van der Waals surface area contributed by atoms with Crippen molar-refractivity contribution in [3.05, 3.63) is 17.5 Å². The van der Waals surface area contributed by atoms with E-state index in [0.717, 1.165) is 5.56 Å². The molecule has 0 saturated carbocycles. The van der Waals surface area contributed by atoms with E-state index in [1.54, 1.807) is 19.3 Å². The number of hydrogen-bond acceptors (Lipinski definition) is 3. The molecule has 1 rings (SSSR count). The third kappa shape index (κ3) is 1.44. The lowest BCUT2D eigenvalue weighted by atomic mass is 10.2. The highest BCUT2D eigenvalue weighted by molar-refractivity contribution is 5.67. The van der Waals surface area contributed by atoms with E-state index in [2.05, 4.69) is 9.98 Å². The summed E-state index contributed by atoms with van der Waals surface area (Å²) < 4.78 is 0. The molecule has 12 heavy (non-hydrogen) atoms. The lowest BCUT2D eigenvalue weighted by Crippen LogP contribution is -1.85. The summed E-state index contributed by atoms with van der Waals surface area (Å²) in [5.41, 5.74) is 2.11. The number of pyridine rings is 1. The molecule has 0 aliphatic rings. The zero-order chi connectivity index (χ0) is 9.14. The summed E-state index contributed by atoms with van der Waals surface area (Å²) in [5, 5.41) is 9.53. The van der Waals surface area contributed by atoms with E-state index >= 15 is 0 Å². The summed E-state index contributed by atoms with van der Waals surface area (Å²) in [6.07, 6.45) is 3.36. The van der Waals surface area contributed by atoms with Gasteiger partial charge in [0.1, 0.15) is 5.69 Å². The van der Waals surface area contributed by atoms with Gasteiger partial charge < -0.3 is 5.11 Å². The average molecular weight is 164 g/mol. The number of hydrogen-bond donors (Lipinski definition) is 1. The Hall–Kier alpha value is -1.38. The molecule has 1 aromatic heterocycles. The van der Waals surface area contributed by atoms with Gasteiger partial charge in [0.2, 0.25) is 0 Å². The van der Waals surface area contributed by atoms with Gasteiger partial charge in [-0.1, -0.05) is 0 Å². The number of aromatic hydroxyl groups is 1. The Morgan fingerprint density at radius 3 is 2.75 bits per heavy atom. The van der Waals surface area contributed by atoms with Crippen LogP contribution in [-0.2, 0) is 0 Å². The molecule has 3 nitrogen and oxygen atoms in total. The van der Waals surface area contributed by atoms with Gasteiger partial charge in [0.25, 0.3) is 0 Å². The largest absolute Gasteiger partial charge is 0.504 e. The Kier molecular flexibility index (Phi) is 2.43. The lowest BCUT2D eigenvalue weighted by molar-refractivity contribution is 0.469. The van der Waals surface area contributed by atoms with Crippen molar-refractivity contribution in [3.8, 4) is 5.75 Å². The number of rotatable bonds is 1. The molecule has 0 amide bonds. The Labute approximate surface area is 71.8 Å². The quantitative estimate of drug-likeness (QED) is 0.646. The Morgan fingerprint density at radius 2 is 2.17 bits per heavy atom. The molecule has 0 spiro atoms. The Morgan fingerprint density at radius 1 is 1.50 bits per heavy atom. The van der Waals surface area contributed by atoms with Gasteiger partial charge in [-0.2, -0.15) is 0 Å². The molecule has 0 bridgehead atoms. The van der Waals surface area contributed by atoms with Crippen LogP contribution in [0, 0.1) is 13.8 Å². The fraction of sp³-hybridized carbons (Fsp3) is 0.333. The van der Waals surface area contributed by atoms with Crippen molar-refractivity contribution in [3.63, 3.8) is 0 Å². The molecule has 3 heteroatoms. The predicted molar refractivity (Wildman–Crippen MR) is 49.2 cm³/mol. The summed E-state index contributed by atoms with van der Waals surface area (Å²) in [7, 11) is 0. The smallest absolute Gasteiger partial charge is 0.162 e. The second kappa shape index (κ2) is 3.34. The van der Waals surface area contributed by atoms with Crippen LogP contribution in [-0.4, -0.2) is 16.3 Å². The van der Waals surface area contributed by atoms with Crippen LogP contribution >= 0.6 is 0 Å². The van der Waals surface area contributed by atoms with Crippen molar-refractivity contribution in [2.24, 2.45) is 4.99 Å². The van der Waals surface area contributed by atoms with Gasteiger partial charge in [-0.05, 0) is 26.3 Å². The number of aliphatic imine (C=N–C) groups is 1. The second-order valence-corrected chi connectivity index (χ2v) is 2.61. The monoisotopic (exact) mass is 164 g/mol. The second-order valence-electron chi connectivity index (χ2n) is 2.61. The Balaban J connectivity index is 3.32. The maximum atomic E-state index is 9.53. The molecule has 0 aromatic carbocycles. The van der Waals surface area contributed by atoms with Gasteiger partial charge in [0.05, 0.1) is 5.69 Å². The van der Waals surface area contributed by atoms with Crippen molar-refractivity contribution in [1.29, 1.82) is 0 Å². The normalized spacial score (nSPS) is 10.9. The minimum atomic E-state index is 0.174. The first-order valence-electron chi connectivity index (χ1n) is 3.80. The zero-order valence-electron chi connectivity index (χ0n) is 7.50. The summed E-state index contributed by atoms with van der Waals surface area (Å²) in [4.78, 5) is 8.05.